The van der Waals surface area contributed by atoms with Crippen LogP contribution in [0, 0.1) is 0 Å². The molecule has 1 aromatic carbocycles. The minimum absolute atomic E-state index is 0.0115. The summed E-state index contributed by atoms with van der Waals surface area (Å²) in [6, 6.07) is 5.28. The maximum Gasteiger partial charge on any atom is 0.250 e. The Morgan fingerprint density at radius 2 is 1.86 bits per heavy atom. The smallest absolute Gasteiger partial charge is 0.250 e. The highest BCUT2D eigenvalue weighted by molar-refractivity contribution is 7.80. The van der Waals surface area contributed by atoms with Crippen LogP contribution in [0.5, 0.6) is 11.5 Å². The minimum atomic E-state index is -0.406. The Morgan fingerprint density at radius 3 is 2.45 bits per heavy atom. The molecule has 0 atom stereocenters. The molecule has 5 N–H and O–H groups in total. The lowest BCUT2D eigenvalue weighted by Crippen LogP contribution is -2.49. The summed E-state index contributed by atoms with van der Waals surface area (Å²) in [5, 5.41) is 2.48. The molecular formula is C13H16N4O3S2. The van der Waals surface area contributed by atoms with Gasteiger partial charge in [-0.1, -0.05) is 6.07 Å². The first-order valence-electron chi connectivity index (χ1n) is 6.02. The van der Waals surface area contributed by atoms with Gasteiger partial charge in [0, 0.05) is 6.08 Å². The molecule has 0 saturated heterocycles. The summed E-state index contributed by atoms with van der Waals surface area (Å²) in [5.41, 5.74) is 10.8. The predicted octanol–water partition coefficient (Wildman–Crippen LogP) is 0.456. The number of hydrazine groups is 1. The van der Waals surface area contributed by atoms with Crippen LogP contribution < -0.4 is 31.4 Å². The normalized spacial score (nSPS) is 9.91. The second-order valence-corrected chi connectivity index (χ2v) is 4.73. The van der Waals surface area contributed by atoms with Crippen molar-refractivity contribution < 1.29 is 14.3 Å². The molecule has 7 nitrogen and oxygen atoms in total. The molecule has 0 saturated carbocycles. The van der Waals surface area contributed by atoms with E-state index < -0.39 is 5.91 Å². The van der Waals surface area contributed by atoms with E-state index in [-0.39, 0.29) is 10.2 Å². The first kappa shape index (κ1) is 17.7. The zero-order valence-electron chi connectivity index (χ0n) is 12.0. The van der Waals surface area contributed by atoms with Gasteiger partial charge in [0.05, 0.1) is 14.2 Å². The number of thiocarbonyl (C=S) groups is 2. The van der Waals surface area contributed by atoms with Crippen LogP contribution in [0.15, 0.2) is 24.3 Å². The summed E-state index contributed by atoms with van der Waals surface area (Å²) in [6.07, 6.45) is 2.94. The van der Waals surface area contributed by atoms with Crippen LogP contribution in [-0.4, -0.2) is 30.4 Å². The van der Waals surface area contributed by atoms with Crippen LogP contribution in [0.4, 0.5) is 0 Å². The molecule has 0 unspecified atom stereocenters. The molecule has 0 aliphatic carbocycles. The van der Waals surface area contributed by atoms with Crippen molar-refractivity contribution in [2.24, 2.45) is 5.73 Å². The summed E-state index contributed by atoms with van der Waals surface area (Å²) >= 11 is 9.44. The molecule has 22 heavy (non-hydrogen) atoms. The molecule has 0 heterocycles. The number of hydrogen-bond acceptors (Lipinski definition) is 5. The highest BCUT2D eigenvalue weighted by Crippen LogP contribution is 2.27. The number of carbonyl (C=O) groups is 1. The number of hydrogen-bond donors (Lipinski definition) is 4. The topological polar surface area (TPSA) is 97.6 Å². The molecule has 9 heteroatoms. The summed E-state index contributed by atoms with van der Waals surface area (Å²) in [6.45, 7) is 0. The van der Waals surface area contributed by atoms with Crippen molar-refractivity contribution in [2.75, 3.05) is 14.2 Å². The molecule has 1 rings (SSSR count). The van der Waals surface area contributed by atoms with E-state index in [1.54, 1.807) is 31.4 Å². The van der Waals surface area contributed by atoms with E-state index in [0.29, 0.717) is 11.5 Å². The molecule has 1 amide bonds. The monoisotopic (exact) mass is 340 g/mol. The molecule has 0 aromatic heterocycles. The Hall–Kier alpha value is -2.39. The number of methoxy groups -OCH3 is 2. The molecule has 118 valence electrons. The molecule has 0 spiro atoms. The van der Waals surface area contributed by atoms with Gasteiger partial charge in [0.25, 0.3) is 0 Å². The Morgan fingerprint density at radius 1 is 1.18 bits per heavy atom. The van der Waals surface area contributed by atoms with E-state index in [1.807, 2.05) is 0 Å². The van der Waals surface area contributed by atoms with E-state index in [0.717, 1.165) is 5.56 Å². The van der Waals surface area contributed by atoms with Gasteiger partial charge in [-0.3, -0.25) is 21.0 Å². The molecule has 0 radical (unpaired) electrons. The third-order valence-electron chi connectivity index (χ3n) is 2.37. The van der Waals surface area contributed by atoms with Crippen LogP contribution in [0.2, 0.25) is 0 Å². The summed E-state index contributed by atoms with van der Waals surface area (Å²) < 4.78 is 10.3. The Kier molecular flexibility index (Phi) is 7.06. The van der Waals surface area contributed by atoms with Gasteiger partial charge < -0.3 is 15.2 Å². The Bertz CT molecular complexity index is 605. The van der Waals surface area contributed by atoms with Crippen LogP contribution in [0.1, 0.15) is 5.56 Å². The van der Waals surface area contributed by atoms with Gasteiger partial charge in [-0.25, -0.2) is 0 Å². The van der Waals surface area contributed by atoms with E-state index in [4.69, 9.17) is 27.4 Å². The first-order valence-corrected chi connectivity index (χ1v) is 6.84. The lowest BCUT2D eigenvalue weighted by atomic mass is 10.2. The summed E-state index contributed by atoms with van der Waals surface area (Å²) in [5.74, 6) is 0.776. The lowest BCUT2D eigenvalue weighted by Gasteiger charge is -2.09. The quantitative estimate of drug-likeness (QED) is 0.356. The fourth-order valence-electron chi connectivity index (χ4n) is 1.43. The van der Waals surface area contributed by atoms with Crippen molar-refractivity contribution in [1.29, 1.82) is 0 Å². The average Bonchev–Trinajstić information content (AvgIpc) is 2.50. The van der Waals surface area contributed by atoms with Gasteiger partial charge in [-0.05, 0) is 48.2 Å². The summed E-state index contributed by atoms with van der Waals surface area (Å²) in [7, 11) is 3.09. The Labute approximate surface area is 138 Å². The highest BCUT2D eigenvalue weighted by Gasteiger charge is 2.04. The third-order valence-corrected chi connectivity index (χ3v) is 2.68. The first-order chi connectivity index (χ1) is 10.5. The van der Waals surface area contributed by atoms with Gasteiger partial charge in [-0.2, -0.15) is 0 Å². The molecular weight excluding hydrogens is 324 g/mol. The standard InChI is InChI=1S/C13H16N4O3S2/c1-19-9-5-3-8(7-10(9)20-2)4-6-11(18)15-13(22)17-16-12(14)21/h3-7H,1-2H3,(H3,14,16,21)(H2,15,17,18,22). The highest BCUT2D eigenvalue weighted by atomic mass is 32.1. The fourth-order valence-corrected chi connectivity index (χ4v) is 1.63. The zero-order valence-corrected chi connectivity index (χ0v) is 13.6. The second-order valence-electron chi connectivity index (χ2n) is 3.88. The maximum atomic E-state index is 11.7. The van der Waals surface area contributed by atoms with Gasteiger partial charge in [0.15, 0.2) is 21.7 Å². The maximum absolute atomic E-state index is 11.7. The third kappa shape index (κ3) is 5.94. The van der Waals surface area contributed by atoms with Crippen molar-refractivity contribution in [1.82, 2.24) is 16.2 Å². The number of nitrogens with one attached hydrogen (secondary N) is 3. The lowest BCUT2D eigenvalue weighted by molar-refractivity contribution is -0.115. The van der Waals surface area contributed by atoms with Crippen LogP contribution >= 0.6 is 24.4 Å². The van der Waals surface area contributed by atoms with Crippen LogP contribution in [0.25, 0.3) is 6.08 Å². The van der Waals surface area contributed by atoms with Crippen molar-refractivity contribution in [3.05, 3.63) is 29.8 Å². The van der Waals surface area contributed by atoms with Gasteiger partial charge in [0.1, 0.15) is 0 Å². The number of amides is 1. The number of benzene rings is 1. The minimum Gasteiger partial charge on any atom is -0.493 e. The van der Waals surface area contributed by atoms with Crippen molar-refractivity contribution in [2.45, 2.75) is 0 Å². The number of ether oxygens (including phenoxy) is 2. The van der Waals surface area contributed by atoms with E-state index in [2.05, 4.69) is 28.4 Å². The van der Waals surface area contributed by atoms with Gasteiger partial charge in [-0.15, -0.1) is 0 Å². The molecule has 0 aliphatic heterocycles. The fraction of sp³-hybridized carbons (Fsp3) is 0.154. The number of carbonyl (C=O) groups excluding carboxylic acids is 1. The zero-order chi connectivity index (χ0) is 16.5. The molecule has 1 aromatic rings. The Balaban J connectivity index is 2.62. The largest absolute Gasteiger partial charge is 0.493 e. The average molecular weight is 340 g/mol. The van der Waals surface area contributed by atoms with Crippen molar-refractivity contribution in [3.63, 3.8) is 0 Å². The van der Waals surface area contributed by atoms with Gasteiger partial charge in [0.2, 0.25) is 5.91 Å². The van der Waals surface area contributed by atoms with Gasteiger partial charge >= 0.3 is 0 Å². The predicted molar refractivity (Wildman–Crippen MR) is 92.4 cm³/mol. The molecule has 0 fully saturated rings. The van der Waals surface area contributed by atoms with E-state index in [1.165, 1.54) is 13.2 Å². The number of rotatable bonds is 4. The molecule has 0 bridgehead atoms. The second kappa shape index (κ2) is 8.80. The van der Waals surface area contributed by atoms with Crippen LogP contribution in [0.3, 0.4) is 0 Å². The van der Waals surface area contributed by atoms with Crippen molar-refractivity contribution >= 4 is 46.6 Å². The van der Waals surface area contributed by atoms with E-state index in [9.17, 15) is 4.79 Å². The van der Waals surface area contributed by atoms with Crippen molar-refractivity contribution in [3.8, 4) is 11.5 Å². The summed E-state index contributed by atoms with van der Waals surface area (Å²) in [4.78, 5) is 11.7. The number of nitrogens with two attached hydrogens (primary N) is 1. The molecule has 0 aliphatic rings. The van der Waals surface area contributed by atoms with Crippen LogP contribution in [-0.2, 0) is 4.79 Å². The SMILES string of the molecule is COc1ccc(C=CC(=O)NC(=S)NNC(N)=S)cc1OC. The van der Waals surface area contributed by atoms with E-state index >= 15 is 0 Å².